The molecule has 0 aliphatic rings. The molecule has 1 atom stereocenters. The highest BCUT2D eigenvalue weighted by Crippen LogP contribution is 2.15. The minimum absolute atomic E-state index is 0.543. The van der Waals surface area contributed by atoms with Gasteiger partial charge < -0.3 is 5.73 Å². The lowest BCUT2D eigenvalue weighted by Crippen LogP contribution is -2.30. The summed E-state index contributed by atoms with van der Waals surface area (Å²) in [5.41, 5.74) is 7.83. The minimum atomic E-state index is 0.543. The van der Waals surface area contributed by atoms with Gasteiger partial charge in [-0.1, -0.05) is 18.2 Å². The molecule has 18 heavy (non-hydrogen) atoms. The van der Waals surface area contributed by atoms with E-state index in [1.54, 1.807) is 0 Å². The number of nitrogens with two attached hydrogens (primary N) is 1. The van der Waals surface area contributed by atoms with Crippen LogP contribution >= 0.6 is 11.3 Å². The normalized spacial score (nSPS) is 12.8. The third-order valence-electron chi connectivity index (χ3n) is 3.24. The maximum Gasteiger partial charge on any atom is 0.0314 e. The summed E-state index contributed by atoms with van der Waals surface area (Å²) in [6, 6.07) is 13.0. The Kier molecular flexibility index (Phi) is 4.39. The first kappa shape index (κ1) is 13.1. The molecule has 0 radical (unpaired) electrons. The van der Waals surface area contributed by atoms with Crippen LogP contribution in [0, 0.1) is 0 Å². The topological polar surface area (TPSA) is 29.3 Å². The molecule has 1 aromatic heterocycles. The Morgan fingerprint density at radius 1 is 1.22 bits per heavy atom. The van der Waals surface area contributed by atoms with Crippen LogP contribution in [0.15, 0.2) is 41.8 Å². The number of anilines is 1. The molecule has 2 rings (SSSR count). The van der Waals surface area contributed by atoms with Crippen LogP contribution in [0.3, 0.4) is 0 Å². The molecular formula is C15H20N2S. The third-order valence-corrected chi connectivity index (χ3v) is 4.14. The minimum Gasteiger partial charge on any atom is -0.399 e. The van der Waals surface area contributed by atoms with E-state index in [4.69, 9.17) is 5.73 Å². The first-order chi connectivity index (χ1) is 8.65. The second-order valence-corrected chi connectivity index (χ2v) is 5.82. The van der Waals surface area contributed by atoms with Crippen molar-refractivity contribution in [2.24, 2.45) is 0 Å². The first-order valence-corrected chi connectivity index (χ1v) is 7.10. The molecule has 0 saturated heterocycles. The van der Waals surface area contributed by atoms with Gasteiger partial charge in [0.1, 0.15) is 0 Å². The number of nitrogens with zero attached hydrogens (tertiary/aromatic N) is 1. The fourth-order valence-electron chi connectivity index (χ4n) is 1.94. The van der Waals surface area contributed by atoms with Gasteiger partial charge in [-0.05, 0) is 49.5 Å². The van der Waals surface area contributed by atoms with E-state index in [0.29, 0.717) is 6.04 Å². The van der Waals surface area contributed by atoms with E-state index < -0.39 is 0 Å². The van der Waals surface area contributed by atoms with Crippen molar-refractivity contribution in [2.45, 2.75) is 25.9 Å². The molecular weight excluding hydrogens is 240 g/mol. The summed E-state index contributed by atoms with van der Waals surface area (Å²) >= 11 is 1.83. The molecule has 2 N–H and O–H groups in total. The summed E-state index contributed by atoms with van der Waals surface area (Å²) in [6.45, 7) is 3.24. The lowest BCUT2D eigenvalue weighted by atomic mass is 10.1. The van der Waals surface area contributed by atoms with Crippen LogP contribution in [-0.4, -0.2) is 18.0 Å². The Morgan fingerprint density at radius 2 is 1.94 bits per heavy atom. The highest BCUT2D eigenvalue weighted by Gasteiger charge is 2.10. The third kappa shape index (κ3) is 3.59. The van der Waals surface area contributed by atoms with Crippen LogP contribution in [-0.2, 0) is 13.0 Å². The van der Waals surface area contributed by atoms with Crippen molar-refractivity contribution >= 4 is 17.0 Å². The Balaban J connectivity index is 1.90. The lowest BCUT2D eigenvalue weighted by Gasteiger charge is -2.24. The van der Waals surface area contributed by atoms with Crippen LogP contribution in [0.25, 0.3) is 0 Å². The summed E-state index contributed by atoms with van der Waals surface area (Å²) < 4.78 is 0. The summed E-state index contributed by atoms with van der Waals surface area (Å²) in [4.78, 5) is 3.83. The van der Waals surface area contributed by atoms with Crippen molar-refractivity contribution in [3.05, 3.63) is 52.2 Å². The number of likely N-dealkylation sites (N-methyl/N-ethyl adjacent to an activating group) is 1. The molecule has 3 heteroatoms. The number of hydrogen-bond donors (Lipinski definition) is 1. The van der Waals surface area contributed by atoms with Crippen molar-refractivity contribution in [1.29, 1.82) is 0 Å². The van der Waals surface area contributed by atoms with E-state index in [2.05, 4.69) is 48.5 Å². The SMILES string of the molecule is CC(Cc1cccs1)N(C)Cc1ccc(N)cc1. The van der Waals surface area contributed by atoms with Crippen LogP contribution in [0.2, 0.25) is 0 Å². The van der Waals surface area contributed by atoms with Crippen LogP contribution in [0.5, 0.6) is 0 Å². The van der Waals surface area contributed by atoms with Gasteiger partial charge in [0.05, 0.1) is 0 Å². The summed E-state index contributed by atoms with van der Waals surface area (Å²) in [7, 11) is 2.18. The Bertz CT molecular complexity index is 462. The molecule has 0 aliphatic heterocycles. The molecule has 0 saturated carbocycles. The van der Waals surface area contributed by atoms with Crippen LogP contribution < -0.4 is 5.73 Å². The predicted octanol–water partition coefficient (Wildman–Crippen LogP) is 3.39. The van der Waals surface area contributed by atoms with Gasteiger partial charge in [0.2, 0.25) is 0 Å². The predicted molar refractivity (Wildman–Crippen MR) is 79.8 cm³/mol. The van der Waals surface area contributed by atoms with Crippen molar-refractivity contribution in [1.82, 2.24) is 4.90 Å². The van der Waals surface area contributed by atoms with Gasteiger partial charge in [0, 0.05) is 23.2 Å². The zero-order valence-electron chi connectivity index (χ0n) is 11.0. The molecule has 1 aromatic carbocycles. The van der Waals surface area contributed by atoms with Crippen molar-refractivity contribution in [3.63, 3.8) is 0 Å². The van der Waals surface area contributed by atoms with Crippen LogP contribution in [0.1, 0.15) is 17.4 Å². The van der Waals surface area contributed by atoms with E-state index >= 15 is 0 Å². The molecule has 0 aliphatic carbocycles. The van der Waals surface area contributed by atoms with Crippen LogP contribution in [0.4, 0.5) is 5.69 Å². The number of nitrogen functional groups attached to an aromatic ring is 1. The fourth-order valence-corrected chi connectivity index (χ4v) is 2.77. The number of benzene rings is 1. The maximum absolute atomic E-state index is 5.70. The molecule has 2 aromatic rings. The van der Waals surface area contributed by atoms with Gasteiger partial charge in [-0.25, -0.2) is 0 Å². The highest BCUT2D eigenvalue weighted by molar-refractivity contribution is 7.09. The Hall–Kier alpha value is -1.32. The van der Waals surface area contributed by atoms with Crippen molar-refractivity contribution in [3.8, 4) is 0 Å². The molecule has 96 valence electrons. The van der Waals surface area contributed by atoms with Gasteiger partial charge in [-0.15, -0.1) is 11.3 Å². The Morgan fingerprint density at radius 3 is 2.56 bits per heavy atom. The number of hydrogen-bond acceptors (Lipinski definition) is 3. The first-order valence-electron chi connectivity index (χ1n) is 6.22. The fraction of sp³-hybridized carbons (Fsp3) is 0.333. The monoisotopic (exact) mass is 260 g/mol. The molecule has 0 spiro atoms. The maximum atomic E-state index is 5.70. The second-order valence-electron chi connectivity index (χ2n) is 4.79. The molecule has 1 heterocycles. The zero-order valence-corrected chi connectivity index (χ0v) is 11.8. The quantitative estimate of drug-likeness (QED) is 0.835. The van der Waals surface area contributed by atoms with Gasteiger partial charge in [-0.2, -0.15) is 0 Å². The zero-order chi connectivity index (χ0) is 13.0. The van der Waals surface area contributed by atoms with Gasteiger partial charge in [0.25, 0.3) is 0 Å². The summed E-state index contributed by atoms with van der Waals surface area (Å²) in [5, 5.41) is 2.14. The van der Waals surface area contributed by atoms with E-state index in [9.17, 15) is 0 Å². The van der Waals surface area contributed by atoms with E-state index in [-0.39, 0.29) is 0 Å². The van der Waals surface area contributed by atoms with E-state index in [1.165, 1.54) is 10.4 Å². The molecule has 1 unspecified atom stereocenters. The molecule has 0 amide bonds. The second kappa shape index (κ2) is 6.03. The van der Waals surface area contributed by atoms with Gasteiger partial charge in [-0.3, -0.25) is 4.90 Å². The molecule has 0 bridgehead atoms. The average Bonchev–Trinajstić information content (AvgIpc) is 2.85. The summed E-state index contributed by atoms with van der Waals surface area (Å²) in [6.07, 6.45) is 1.11. The molecule has 0 fully saturated rings. The number of rotatable bonds is 5. The lowest BCUT2D eigenvalue weighted by molar-refractivity contribution is 0.249. The standard InChI is InChI=1S/C15H20N2S/c1-12(10-15-4-3-9-18-15)17(2)11-13-5-7-14(16)8-6-13/h3-9,12H,10-11,16H2,1-2H3. The van der Waals surface area contributed by atoms with Crippen molar-refractivity contribution < 1.29 is 0 Å². The number of thiophene rings is 1. The van der Waals surface area contributed by atoms with Gasteiger partial charge in [0.15, 0.2) is 0 Å². The van der Waals surface area contributed by atoms with Gasteiger partial charge >= 0.3 is 0 Å². The van der Waals surface area contributed by atoms with Crippen molar-refractivity contribution in [2.75, 3.05) is 12.8 Å². The van der Waals surface area contributed by atoms with E-state index in [1.807, 2.05) is 23.5 Å². The van der Waals surface area contributed by atoms with E-state index in [0.717, 1.165) is 18.7 Å². The average molecular weight is 260 g/mol. The highest BCUT2D eigenvalue weighted by atomic mass is 32.1. The largest absolute Gasteiger partial charge is 0.399 e. The molecule has 2 nitrogen and oxygen atoms in total. The smallest absolute Gasteiger partial charge is 0.0314 e. The summed E-state index contributed by atoms with van der Waals surface area (Å²) in [5.74, 6) is 0. The Labute approximate surface area is 113 Å².